The topological polar surface area (TPSA) is 97.8 Å². The van der Waals surface area contributed by atoms with Crippen molar-refractivity contribution in [1.29, 1.82) is 0 Å². The van der Waals surface area contributed by atoms with Gasteiger partial charge in [0.05, 0.1) is 46.2 Å². The van der Waals surface area contributed by atoms with Gasteiger partial charge in [0, 0.05) is 37.3 Å². The summed E-state index contributed by atoms with van der Waals surface area (Å²) in [6, 6.07) is 11.1. The van der Waals surface area contributed by atoms with Gasteiger partial charge in [0.25, 0.3) is 11.7 Å². The fraction of sp³-hybridized carbons (Fsp3) is 0.385. The van der Waals surface area contributed by atoms with Crippen molar-refractivity contribution in [3.63, 3.8) is 0 Å². The molecule has 1 amide bonds. The molecule has 0 aromatic heterocycles. The maximum Gasteiger partial charge on any atom is 0.295 e. The van der Waals surface area contributed by atoms with Crippen LogP contribution in [0, 0.1) is 0 Å². The Hall–Kier alpha value is -3.27. The Bertz CT molecular complexity index is 1110. The van der Waals surface area contributed by atoms with Crippen molar-refractivity contribution >= 4 is 29.9 Å². The van der Waals surface area contributed by atoms with Gasteiger partial charge in [0.15, 0.2) is 11.5 Å². The number of halogens is 1. The van der Waals surface area contributed by atoms with Gasteiger partial charge in [-0.25, -0.2) is 0 Å². The molecule has 2 saturated heterocycles. The fourth-order valence-corrected chi connectivity index (χ4v) is 4.54. The molecule has 2 fully saturated rings. The number of aliphatic hydroxyl groups excluding tert-OH is 1. The molecule has 1 atom stereocenters. The van der Waals surface area contributed by atoms with Crippen LogP contribution in [0.3, 0.4) is 0 Å². The van der Waals surface area contributed by atoms with Crippen molar-refractivity contribution in [2.45, 2.75) is 6.04 Å². The lowest BCUT2D eigenvalue weighted by Crippen LogP contribution is -2.42. The van der Waals surface area contributed by atoms with E-state index in [2.05, 4.69) is 4.90 Å². The van der Waals surface area contributed by atoms with Crippen LogP contribution >= 0.6 is 12.4 Å². The SMILES string of the molecule is COc1ccc(/C(O)=C2\C(=O)C(=O)N(CCN3CCOCC3)C2c2cccc(OC)c2OC)cc1.Cl. The number of Topliss-reactive ketones (excluding diaryl/α,β-unsaturated/α-hetero) is 1. The molecule has 2 heterocycles. The normalized spacial score (nSPS) is 19.6. The number of nitrogens with zero attached hydrogens (tertiary/aromatic N) is 2. The monoisotopic (exact) mass is 518 g/mol. The number of ether oxygens (including phenoxy) is 4. The predicted octanol–water partition coefficient (Wildman–Crippen LogP) is 2.89. The number of carbonyl (C=O) groups excluding carboxylic acids is 2. The molecule has 1 unspecified atom stereocenters. The van der Waals surface area contributed by atoms with E-state index < -0.39 is 17.7 Å². The molecule has 10 heteroatoms. The van der Waals surface area contributed by atoms with Gasteiger partial charge in [-0.2, -0.15) is 0 Å². The number of hydrogen-bond donors (Lipinski definition) is 1. The summed E-state index contributed by atoms with van der Waals surface area (Å²) in [5.74, 6) is -0.182. The lowest BCUT2D eigenvalue weighted by molar-refractivity contribution is -0.140. The van der Waals surface area contributed by atoms with Gasteiger partial charge < -0.3 is 29.0 Å². The van der Waals surface area contributed by atoms with E-state index in [1.807, 2.05) is 0 Å². The summed E-state index contributed by atoms with van der Waals surface area (Å²) in [4.78, 5) is 30.3. The second-order valence-electron chi connectivity index (χ2n) is 8.26. The zero-order valence-electron chi connectivity index (χ0n) is 20.6. The molecule has 0 spiro atoms. The molecule has 2 aromatic carbocycles. The molecule has 0 radical (unpaired) electrons. The molecule has 0 saturated carbocycles. The average molecular weight is 519 g/mol. The number of morpholine rings is 1. The van der Waals surface area contributed by atoms with Gasteiger partial charge in [0.1, 0.15) is 11.5 Å². The number of methoxy groups -OCH3 is 3. The maximum atomic E-state index is 13.3. The second kappa shape index (κ2) is 12.1. The molecule has 4 rings (SSSR count). The van der Waals surface area contributed by atoms with Crippen LogP contribution in [0.1, 0.15) is 17.2 Å². The van der Waals surface area contributed by atoms with Crippen molar-refractivity contribution in [1.82, 2.24) is 9.80 Å². The highest BCUT2D eigenvalue weighted by atomic mass is 35.5. The second-order valence-corrected chi connectivity index (χ2v) is 8.26. The summed E-state index contributed by atoms with van der Waals surface area (Å²) in [7, 11) is 4.57. The van der Waals surface area contributed by atoms with E-state index in [0.29, 0.717) is 54.7 Å². The molecule has 194 valence electrons. The predicted molar refractivity (Wildman–Crippen MR) is 136 cm³/mol. The highest BCUT2D eigenvalue weighted by Crippen LogP contribution is 2.45. The minimum atomic E-state index is -0.844. The zero-order chi connectivity index (χ0) is 24.9. The number of aliphatic hydroxyl groups is 1. The van der Waals surface area contributed by atoms with Crippen molar-refractivity contribution in [2.24, 2.45) is 0 Å². The van der Waals surface area contributed by atoms with Gasteiger partial charge in [-0.15, -0.1) is 12.4 Å². The molecule has 0 aliphatic carbocycles. The largest absolute Gasteiger partial charge is 0.507 e. The molecule has 2 aliphatic heterocycles. The first-order chi connectivity index (χ1) is 17.0. The summed E-state index contributed by atoms with van der Waals surface area (Å²) in [5, 5.41) is 11.3. The van der Waals surface area contributed by atoms with Crippen LogP contribution in [-0.2, 0) is 14.3 Å². The van der Waals surface area contributed by atoms with E-state index in [0.717, 1.165) is 13.1 Å². The van der Waals surface area contributed by atoms with Crippen LogP contribution in [0.5, 0.6) is 17.2 Å². The van der Waals surface area contributed by atoms with Crippen LogP contribution in [0.2, 0.25) is 0 Å². The Morgan fingerprint density at radius 1 is 0.972 bits per heavy atom. The first-order valence-electron chi connectivity index (χ1n) is 11.4. The minimum Gasteiger partial charge on any atom is -0.507 e. The number of amides is 1. The van der Waals surface area contributed by atoms with E-state index in [-0.39, 0.29) is 23.7 Å². The quantitative estimate of drug-likeness (QED) is 0.324. The molecule has 2 aliphatic rings. The summed E-state index contributed by atoms with van der Waals surface area (Å²) >= 11 is 0. The molecular weight excluding hydrogens is 488 g/mol. The van der Waals surface area contributed by atoms with Crippen LogP contribution in [0.15, 0.2) is 48.0 Å². The Kier molecular flexibility index (Phi) is 9.19. The molecular formula is C26H31ClN2O7. The summed E-state index contributed by atoms with van der Waals surface area (Å²) < 4.78 is 21.7. The van der Waals surface area contributed by atoms with Crippen molar-refractivity contribution in [3.8, 4) is 17.2 Å². The Morgan fingerprint density at radius 2 is 1.67 bits per heavy atom. The molecule has 0 bridgehead atoms. The lowest BCUT2D eigenvalue weighted by Gasteiger charge is -2.31. The van der Waals surface area contributed by atoms with E-state index in [1.165, 1.54) is 19.1 Å². The molecule has 9 nitrogen and oxygen atoms in total. The van der Waals surface area contributed by atoms with E-state index in [4.69, 9.17) is 18.9 Å². The number of ketones is 1. The molecule has 1 N–H and O–H groups in total. The number of hydrogen-bond acceptors (Lipinski definition) is 8. The molecule has 2 aromatic rings. The van der Waals surface area contributed by atoms with Gasteiger partial charge in [-0.3, -0.25) is 14.5 Å². The summed E-state index contributed by atoms with van der Waals surface area (Å²) in [6.45, 7) is 3.63. The number of para-hydroxylation sites is 1. The number of benzene rings is 2. The van der Waals surface area contributed by atoms with Crippen molar-refractivity contribution in [3.05, 3.63) is 59.2 Å². The fourth-order valence-electron chi connectivity index (χ4n) is 4.54. The van der Waals surface area contributed by atoms with Crippen molar-refractivity contribution in [2.75, 3.05) is 60.7 Å². The van der Waals surface area contributed by atoms with Gasteiger partial charge in [0.2, 0.25) is 0 Å². The summed E-state index contributed by atoms with van der Waals surface area (Å²) in [5.41, 5.74) is 0.973. The van der Waals surface area contributed by atoms with Crippen LogP contribution in [0.25, 0.3) is 5.76 Å². The summed E-state index contributed by atoms with van der Waals surface area (Å²) in [6.07, 6.45) is 0. The lowest BCUT2D eigenvalue weighted by atomic mass is 9.94. The van der Waals surface area contributed by atoms with Gasteiger partial charge >= 0.3 is 0 Å². The third-order valence-electron chi connectivity index (χ3n) is 6.39. The smallest absolute Gasteiger partial charge is 0.295 e. The van der Waals surface area contributed by atoms with Crippen molar-refractivity contribution < 1.29 is 33.6 Å². The number of rotatable bonds is 8. The van der Waals surface area contributed by atoms with Crippen LogP contribution < -0.4 is 14.2 Å². The Labute approximate surface area is 216 Å². The zero-order valence-corrected chi connectivity index (χ0v) is 21.4. The van der Waals surface area contributed by atoms with E-state index in [1.54, 1.807) is 49.6 Å². The third-order valence-corrected chi connectivity index (χ3v) is 6.39. The first kappa shape index (κ1) is 27.3. The maximum absolute atomic E-state index is 13.3. The highest BCUT2D eigenvalue weighted by molar-refractivity contribution is 6.46. The van der Waals surface area contributed by atoms with E-state index >= 15 is 0 Å². The number of likely N-dealkylation sites (tertiary alicyclic amines) is 1. The van der Waals surface area contributed by atoms with Gasteiger partial charge in [-0.1, -0.05) is 12.1 Å². The Balaban J connectivity index is 0.00000361. The highest BCUT2D eigenvalue weighted by Gasteiger charge is 2.47. The van der Waals surface area contributed by atoms with Crippen LogP contribution in [-0.4, -0.2) is 87.3 Å². The average Bonchev–Trinajstić information content (AvgIpc) is 3.16. The Morgan fingerprint density at radius 3 is 2.28 bits per heavy atom. The minimum absolute atomic E-state index is 0. The number of carbonyl (C=O) groups is 2. The van der Waals surface area contributed by atoms with Gasteiger partial charge in [-0.05, 0) is 30.3 Å². The van der Waals surface area contributed by atoms with Crippen LogP contribution in [0.4, 0.5) is 0 Å². The molecule has 36 heavy (non-hydrogen) atoms. The third kappa shape index (κ3) is 5.28. The standard InChI is InChI=1S/C26H30N2O7.ClH/c1-32-18-9-7-17(8-10-18)23(29)21-22(19-5-4-6-20(33-2)25(19)34-3)28(26(31)24(21)30)12-11-27-13-15-35-16-14-27;/h4-10,22,29H,11-16H2,1-3H3;1H/b23-21+;. The first-order valence-corrected chi connectivity index (χ1v) is 11.4. The van der Waals surface area contributed by atoms with E-state index in [9.17, 15) is 14.7 Å².